The maximum absolute atomic E-state index is 12.6. The van der Waals surface area contributed by atoms with Gasteiger partial charge in [0.15, 0.2) is 0 Å². The third-order valence-corrected chi connectivity index (χ3v) is 6.06. The molecule has 32 heavy (non-hydrogen) atoms. The molecule has 0 amide bonds. The van der Waals surface area contributed by atoms with Gasteiger partial charge in [0.05, 0.1) is 17.2 Å². The summed E-state index contributed by atoms with van der Waals surface area (Å²) in [5.74, 6) is -0.164. The predicted octanol–water partition coefficient (Wildman–Crippen LogP) is 4.99. The Labute approximate surface area is 188 Å². The Morgan fingerprint density at radius 2 is 1.62 bits per heavy atom. The summed E-state index contributed by atoms with van der Waals surface area (Å²) < 4.78 is 33.7. The molecule has 0 atom stereocenters. The van der Waals surface area contributed by atoms with Crippen molar-refractivity contribution in [1.29, 1.82) is 0 Å². The van der Waals surface area contributed by atoms with E-state index in [1.54, 1.807) is 42.5 Å². The maximum atomic E-state index is 12.6. The Hall–Kier alpha value is -3.58. The minimum absolute atomic E-state index is 0.0515. The first-order chi connectivity index (χ1) is 15.5. The Balaban J connectivity index is 1.60. The number of carbonyl (C=O) groups is 1. The van der Waals surface area contributed by atoms with Gasteiger partial charge >= 0.3 is 5.97 Å². The van der Waals surface area contributed by atoms with Gasteiger partial charge in [-0.3, -0.25) is 9.52 Å². The average molecular weight is 452 g/mol. The van der Waals surface area contributed by atoms with Crippen LogP contribution >= 0.6 is 0 Å². The molecule has 0 spiro atoms. The van der Waals surface area contributed by atoms with Gasteiger partial charge in [0.2, 0.25) is 0 Å². The smallest absolute Gasteiger partial charge is 0.303 e. The van der Waals surface area contributed by atoms with Gasteiger partial charge in [0.1, 0.15) is 5.75 Å². The number of anilines is 1. The van der Waals surface area contributed by atoms with Crippen LogP contribution in [-0.4, -0.2) is 26.1 Å². The van der Waals surface area contributed by atoms with Gasteiger partial charge in [-0.05, 0) is 48.2 Å². The van der Waals surface area contributed by atoms with Gasteiger partial charge in [0, 0.05) is 6.42 Å². The second-order valence-corrected chi connectivity index (χ2v) is 8.73. The number of para-hydroxylation sites is 2. The summed E-state index contributed by atoms with van der Waals surface area (Å²) in [5, 5.41) is 8.89. The van der Waals surface area contributed by atoms with Crippen molar-refractivity contribution in [3.8, 4) is 5.75 Å². The van der Waals surface area contributed by atoms with E-state index >= 15 is 0 Å². The number of aryl methyl sites for hydroxylation is 1. The maximum Gasteiger partial charge on any atom is 0.303 e. The van der Waals surface area contributed by atoms with Crippen LogP contribution < -0.4 is 9.46 Å². The standard InChI is InChI=1S/C25H25NO5S/c27-25(28)18-17-21-12-5-7-16-24(21)31-19-9-8-11-20-10-4-6-15-23(20)26-32(29,30)22-13-2-1-3-14-22/h1-8,10-16,26H,9,17-19H2,(H,27,28)/b11-8+. The van der Waals surface area contributed by atoms with E-state index in [1.807, 2.05) is 48.6 Å². The first kappa shape index (κ1) is 23.1. The number of rotatable bonds is 11. The number of carboxylic acids is 1. The van der Waals surface area contributed by atoms with Crippen LogP contribution in [-0.2, 0) is 21.2 Å². The van der Waals surface area contributed by atoms with E-state index in [4.69, 9.17) is 9.84 Å². The highest BCUT2D eigenvalue weighted by atomic mass is 32.2. The molecule has 7 heteroatoms. The second-order valence-electron chi connectivity index (χ2n) is 7.05. The van der Waals surface area contributed by atoms with E-state index in [0.717, 1.165) is 11.1 Å². The fourth-order valence-corrected chi connectivity index (χ4v) is 4.19. The van der Waals surface area contributed by atoms with E-state index in [9.17, 15) is 13.2 Å². The molecule has 3 rings (SSSR count). The lowest BCUT2D eigenvalue weighted by atomic mass is 10.1. The molecule has 0 aliphatic rings. The molecule has 0 heterocycles. The van der Waals surface area contributed by atoms with Crippen molar-refractivity contribution < 1.29 is 23.1 Å². The molecule has 0 unspecified atom stereocenters. The van der Waals surface area contributed by atoms with Gasteiger partial charge in [-0.2, -0.15) is 0 Å². The fourth-order valence-electron chi connectivity index (χ4n) is 3.08. The minimum atomic E-state index is -3.67. The number of benzene rings is 3. The highest BCUT2D eigenvalue weighted by molar-refractivity contribution is 7.92. The van der Waals surface area contributed by atoms with Crippen LogP contribution in [0.2, 0.25) is 0 Å². The zero-order valence-electron chi connectivity index (χ0n) is 17.5. The summed E-state index contributed by atoms with van der Waals surface area (Å²) in [7, 11) is -3.67. The summed E-state index contributed by atoms with van der Waals surface area (Å²) in [4.78, 5) is 11.0. The van der Waals surface area contributed by atoms with Crippen LogP contribution in [0.25, 0.3) is 6.08 Å². The SMILES string of the molecule is O=C(O)CCc1ccccc1OCC/C=C/c1ccccc1NS(=O)(=O)c1ccccc1. The van der Waals surface area contributed by atoms with Crippen LogP contribution in [0.1, 0.15) is 24.0 Å². The normalized spacial score (nSPS) is 11.4. The van der Waals surface area contributed by atoms with Gasteiger partial charge < -0.3 is 9.84 Å². The van der Waals surface area contributed by atoms with Crippen molar-refractivity contribution in [3.05, 3.63) is 96.1 Å². The number of hydrogen-bond acceptors (Lipinski definition) is 4. The van der Waals surface area contributed by atoms with Crippen LogP contribution in [0, 0.1) is 0 Å². The summed E-state index contributed by atoms with van der Waals surface area (Å²) in [5.41, 5.74) is 2.10. The molecule has 3 aromatic rings. The molecule has 0 radical (unpaired) electrons. The molecule has 0 saturated carbocycles. The molecule has 0 saturated heterocycles. The highest BCUT2D eigenvalue weighted by Gasteiger charge is 2.14. The zero-order chi connectivity index (χ0) is 22.8. The molecule has 0 bridgehead atoms. The summed E-state index contributed by atoms with van der Waals surface area (Å²) >= 11 is 0. The number of nitrogens with one attached hydrogen (secondary N) is 1. The minimum Gasteiger partial charge on any atom is -0.493 e. The first-order valence-electron chi connectivity index (χ1n) is 10.2. The third kappa shape index (κ3) is 6.72. The largest absolute Gasteiger partial charge is 0.493 e. The molecule has 166 valence electrons. The van der Waals surface area contributed by atoms with Crippen molar-refractivity contribution >= 4 is 27.8 Å². The van der Waals surface area contributed by atoms with Gasteiger partial charge in [-0.1, -0.05) is 66.7 Å². The number of hydrogen-bond donors (Lipinski definition) is 2. The van der Waals surface area contributed by atoms with E-state index in [0.29, 0.717) is 30.9 Å². The molecule has 0 aliphatic heterocycles. The lowest BCUT2D eigenvalue weighted by Gasteiger charge is -2.11. The lowest BCUT2D eigenvalue weighted by molar-refractivity contribution is -0.136. The number of ether oxygens (including phenoxy) is 1. The number of aliphatic carboxylic acids is 1. The zero-order valence-corrected chi connectivity index (χ0v) is 18.3. The van der Waals surface area contributed by atoms with Gasteiger partial charge in [-0.15, -0.1) is 0 Å². The monoisotopic (exact) mass is 451 g/mol. The summed E-state index contributed by atoms with van der Waals surface area (Å²) in [6.45, 7) is 0.415. The molecule has 0 fully saturated rings. The molecule has 6 nitrogen and oxygen atoms in total. The van der Waals surface area contributed by atoms with Gasteiger partial charge in [-0.25, -0.2) is 8.42 Å². The van der Waals surface area contributed by atoms with Crippen LogP contribution in [0.15, 0.2) is 89.8 Å². The predicted molar refractivity (Wildman–Crippen MR) is 125 cm³/mol. The summed E-state index contributed by atoms with van der Waals surface area (Å²) in [6, 6.07) is 22.8. The van der Waals surface area contributed by atoms with Crippen molar-refractivity contribution in [2.24, 2.45) is 0 Å². The van der Waals surface area contributed by atoms with E-state index in [1.165, 1.54) is 0 Å². The number of carboxylic acid groups (broad SMARTS) is 1. The van der Waals surface area contributed by atoms with E-state index in [-0.39, 0.29) is 11.3 Å². The highest BCUT2D eigenvalue weighted by Crippen LogP contribution is 2.22. The van der Waals surface area contributed by atoms with Crippen molar-refractivity contribution in [2.75, 3.05) is 11.3 Å². The van der Waals surface area contributed by atoms with Crippen LogP contribution in [0.5, 0.6) is 5.75 Å². The third-order valence-electron chi connectivity index (χ3n) is 4.68. The first-order valence-corrected chi connectivity index (χ1v) is 11.7. The quantitative estimate of drug-likeness (QED) is 0.401. The summed E-state index contributed by atoms with van der Waals surface area (Å²) in [6.07, 6.45) is 4.83. The molecule has 0 aliphatic carbocycles. The topological polar surface area (TPSA) is 92.7 Å². The second kappa shape index (κ2) is 11.2. The van der Waals surface area contributed by atoms with Crippen molar-refractivity contribution in [3.63, 3.8) is 0 Å². The van der Waals surface area contributed by atoms with Crippen molar-refractivity contribution in [2.45, 2.75) is 24.2 Å². The fraction of sp³-hybridized carbons (Fsp3) is 0.160. The Bertz CT molecular complexity index is 1170. The Morgan fingerprint density at radius 1 is 0.938 bits per heavy atom. The van der Waals surface area contributed by atoms with E-state index < -0.39 is 16.0 Å². The van der Waals surface area contributed by atoms with Gasteiger partial charge in [0.25, 0.3) is 10.0 Å². The molecule has 3 aromatic carbocycles. The number of sulfonamides is 1. The molecule has 2 N–H and O–H groups in total. The molecular weight excluding hydrogens is 426 g/mol. The molecule has 0 aromatic heterocycles. The molecular formula is C25H25NO5S. The average Bonchev–Trinajstić information content (AvgIpc) is 2.79. The van der Waals surface area contributed by atoms with Crippen LogP contribution in [0.4, 0.5) is 5.69 Å². The lowest BCUT2D eigenvalue weighted by Crippen LogP contribution is -2.13. The van der Waals surface area contributed by atoms with Crippen molar-refractivity contribution in [1.82, 2.24) is 0 Å². The van der Waals surface area contributed by atoms with E-state index in [2.05, 4.69) is 4.72 Å². The Kier molecular flexibility index (Phi) is 8.05. The van der Waals surface area contributed by atoms with Crippen LogP contribution in [0.3, 0.4) is 0 Å². The Morgan fingerprint density at radius 3 is 2.41 bits per heavy atom.